The minimum atomic E-state index is -3.18. The first-order valence-corrected chi connectivity index (χ1v) is 8.48. The Labute approximate surface area is 110 Å². The van der Waals surface area contributed by atoms with Gasteiger partial charge >= 0.3 is 0 Å². The van der Waals surface area contributed by atoms with E-state index in [1.807, 2.05) is 13.8 Å². The van der Waals surface area contributed by atoms with Crippen LogP contribution in [0, 0.1) is 5.92 Å². The summed E-state index contributed by atoms with van der Waals surface area (Å²) in [6, 6.07) is 0.200. The summed E-state index contributed by atoms with van der Waals surface area (Å²) in [6.45, 7) is 4.94. The molecule has 5 nitrogen and oxygen atoms in total. The van der Waals surface area contributed by atoms with Crippen LogP contribution in [-0.4, -0.2) is 44.0 Å². The minimum Gasteiger partial charge on any atom is -0.353 e. The van der Waals surface area contributed by atoms with Crippen LogP contribution in [0.25, 0.3) is 0 Å². The maximum atomic E-state index is 12.1. The van der Waals surface area contributed by atoms with Crippen LogP contribution in [0.3, 0.4) is 0 Å². The van der Waals surface area contributed by atoms with E-state index in [9.17, 15) is 13.2 Å². The second-order valence-electron chi connectivity index (χ2n) is 4.98. The monoisotopic (exact) mass is 276 g/mol. The molecule has 18 heavy (non-hydrogen) atoms. The fraction of sp³-hybridized carbons (Fsp3) is 0.917. The molecule has 1 rings (SSSR count). The number of nitrogens with zero attached hydrogens (tertiary/aromatic N) is 1. The molecular formula is C12H24N2O3S. The molecule has 1 heterocycles. The molecule has 1 atom stereocenters. The Morgan fingerprint density at radius 2 is 2.00 bits per heavy atom. The highest BCUT2D eigenvalue weighted by Crippen LogP contribution is 2.19. The van der Waals surface area contributed by atoms with Gasteiger partial charge in [-0.25, -0.2) is 12.7 Å². The molecule has 1 aliphatic heterocycles. The fourth-order valence-corrected chi connectivity index (χ4v) is 3.18. The standard InChI is InChI=1S/C12H24N2O3S/c1-4-11(5-2)13-12(15)10-7-6-8-14(9-10)18(3,16)17/h10-11H,4-9H2,1-3H3,(H,13,15)/t10-/m0/s1. The van der Waals surface area contributed by atoms with Gasteiger partial charge in [0.1, 0.15) is 0 Å². The zero-order valence-electron chi connectivity index (χ0n) is 11.5. The van der Waals surface area contributed by atoms with Gasteiger partial charge in [0, 0.05) is 19.1 Å². The largest absolute Gasteiger partial charge is 0.353 e. The maximum Gasteiger partial charge on any atom is 0.224 e. The van der Waals surface area contributed by atoms with Gasteiger partial charge in [0.2, 0.25) is 15.9 Å². The molecule has 0 bridgehead atoms. The summed E-state index contributed by atoms with van der Waals surface area (Å²) in [4.78, 5) is 12.1. The van der Waals surface area contributed by atoms with Gasteiger partial charge in [-0.1, -0.05) is 13.8 Å². The van der Waals surface area contributed by atoms with Gasteiger partial charge in [-0.05, 0) is 25.7 Å². The van der Waals surface area contributed by atoms with E-state index in [1.165, 1.54) is 10.6 Å². The van der Waals surface area contributed by atoms with Crippen molar-refractivity contribution in [2.45, 2.75) is 45.6 Å². The molecular weight excluding hydrogens is 252 g/mol. The number of carbonyl (C=O) groups is 1. The molecule has 1 saturated heterocycles. The lowest BCUT2D eigenvalue weighted by Gasteiger charge is -2.31. The average molecular weight is 276 g/mol. The van der Waals surface area contributed by atoms with Gasteiger partial charge in [-0.15, -0.1) is 0 Å². The van der Waals surface area contributed by atoms with Gasteiger partial charge in [0.15, 0.2) is 0 Å². The highest BCUT2D eigenvalue weighted by Gasteiger charge is 2.30. The van der Waals surface area contributed by atoms with E-state index in [2.05, 4.69) is 5.32 Å². The van der Waals surface area contributed by atoms with Crippen molar-refractivity contribution in [3.8, 4) is 0 Å². The molecule has 1 aliphatic rings. The summed E-state index contributed by atoms with van der Waals surface area (Å²) in [5, 5.41) is 3.00. The second kappa shape index (κ2) is 6.52. The van der Waals surface area contributed by atoms with Gasteiger partial charge in [-0.3, -0.25) is 4.79 Å². The van der Waals surface area contributed by atoms with Crippen molar-refractivity contribution in [1.29, 1.82) is 0 Å². The minimum absolute atomic E-state index is 0.00273. The fourth-order valence-electron chi connectivity index (χ4n) is 2.27. The van der Waals surface area contributed by atoms with Crippen LogP contribution >= 0.6 is 0 Å². The Hall–Kier alpha value is -0.620. The summed E-state index contributed by atoms with van der Waals surface area (Å²) in [5.41, 5.74) is 0. The van der Waals surface area contributed by atoms with E-state index in [0.29, 0.717) is 13.1 Å². The van der Waals surface area contributed by atoms with Crippen molar-refractivity contribution in [2.24, 2.45) is 5.92 Å². The summed E-state index contributed by atoms with van der Waals surface area (Å²) in [7, 11) is -3.18. The third-order valence-electron chi connectivity index (χ3n) is 3.56. The van der Waals surface area contributed by atoms with Gasteiger partial charge in [-0.2, -0.15) is 0 Å². The van der Waals surface area contributed by atoms with E-state index < -0.39 is 10.0 Å². The third kappa shape index (κ3) is 4.24. The molecule has 1 N–H and O–H groups in total. The Bertz CT molecular complexity index is 377. The third-order valence-corrected chi connectivity index (χ3v) is 4.83. The van der Waals surface area contributed by atoms with Gasteiger partial charge < -0.3 is 5.32 Å². The van der Waals surface area contributed by atoms with E-state index >= 15 is 0 Å². The highest BCUT2D eigenvalue weighted by atomic mass is 32.2. The van der Waals surface area contributed by atoms with Crippen LogP contribution < -0.4 is 5.32 Å². The molecule has 1 amide bonds. The first-order valence-electron chi connectivity index (χ1n) is 6.64. The topological polar surface area (TPSA) is 66.5 Å². The molecule has 0 aromatic carbocycles. The Morgan fingerprint density at radius 3 is 2.50 bits per heavy atom. The first-order chi connectivity index (χ1) is 8.38. The Morgan fingerprint density at radius 1 is 1.39 bits per heavy atom. The van der Waals surface area contributed by atoms with E-state index in [4.69, 9.17) is 0 Å². The summed E-state index contributed by atoms with van der Waals surface area (Å²) in [6.07, 6.45) is 4.55. The number of sulfonamides is 1. The predicted molar refractivity (Wildman–Crippen MR) is 71.7 cm³/mol. The van der Waals surface area contributed by atoms with Gasteiger partial charge in [0.05, 0.1) is 12.2 Å². The number of carbonyl (C=O) groups excluding carboxylic acids is 1. The van der Waals surface area contributed by atoms with Crippen molar-refractivity contribution in [1.82, 2.24) is 9.62 Å². The summed E-state index contributed by atoms with van der Waals surface area (Å²) >= 11 is 0. The smallest absolute Gasteiger partial charge is 0.224 e. The number of nitrogens with one attached hydrogen (secondary N) is 1. The lowest BCUT2D eigenvalue weighted by atomic mass is 9.98. The molecule has 1 fully saturated rings. The van der Waals surface area contributed by atoms with Crippen LogP contribution in [0.2, 0.25) is 0 Å². The molecule has 0 radical (unpaired) electrons. The SMILES string of the molecule is CCC(CC)NC(=O)[C@H]1CCCN(S(C)(=O)=O)C1. The molecule has 0 aliphatic carbocycles. The van der Waals surface area contributed by atoms with Crippen LogP contribution in [0.15, 0.2) is 0 Å². The van der Waals surface area contributed by atoms with Crippen LogP contribution in [0.5, 0.6) is 0 Å². The summed E-state index contributed by atoms with van der Waals surface area (Å²) in [5.74, 6) is -0.203. The molecule has 0 unspecified atom stereocenters. The lowest BCUT2D eigenvalue weighted by molar-refractivity contribution is -0.126. The van der Waals surface area contributed by atoms with Crippen molar-refractivity contribution in [3.63, 3.8) is 0 Å². The zero-order valence-corrected chi connectivity index (χ0v) is 12.3. The van der Waals surface area contributed by atoms with Crippen molar-refractivity contribution in [3.05, 3.63) is 0 Å². The van der Waals surface area contributed by atoms with Gasteiger partial charge in [0.25, 0.3) is 0 Å². The summed E-state index contributed by atoms with van der Waals surface area (Å²) < 4.78 is 24.4. The number of hydrogen-bond acceptors (Lipinski definition) is 3. The van der Waals surface area contributed by atoms with Crippen LogP contribution in [-0.2, 0) is 14.8 Å². The zero-order chi connectivity index (χ0) is 13.8. The van der Waals surface area contributed by atoms with E-state index in [0.717, 1.165) is 25.7 Å². The van der Waals surface area contributed by atoms with E-state index in [-0.39, 0.29) is 17.9 Å². The highest BCUT2D eigenvalue weighted by molar-refractivity contribution is 7.88. The average Bonchev–Trinajstić information content (AvgIpc) is 2.34. The Balaban J connectivity index is 2.58. The maximum absolute atomic E-state index is 12.1. The first kappa shape index (κ1) is 15.4. The van der Waals surface area contributed by atoms with E-state index in [1.54, 1.807) is 0 Å². The Kier molecular flexibility index (Phi) is 5.59. The number of piperidine rings is 1. The van der Waals surface area contributed by atoms with Crippen molar-refractivity contribution in [2.75, 3.05) is 19.3 Å². The molecule has 106 valence electrons. The number of amides is 1. The van der Waals surface area contributed by atoms with Crippen LogP contribution in [0.1, 0.15) is 39.5 Å². The molecule has 0 spiro atoms. The molecule has 0 aromatic rings. The number of rotatable bonds is 5. The van der Waals surface area contributed by atoms with Crippen molar-refractivity contribution < 1.29 is 13.2 Å². The molecule has 6 heteroatoms. The number of hydrogen-bond donors (Lipinski definition) is 1. The molecule has 0 aromatic heterocycles. The predicted octanol–water partition coefficient (Wildman–Crippen LogP) is 0.963. The lowest BCUT2D eigenvalue weighted by Crippen LogP contribution is -2.47. The molecule has 0 saturated carbocycles. The quantitative estimate of drug-likeness (QED) is 0.813. The van der Waals surface area contributed by atoms with Crippen molar-refractivity contribution >= 4 is 15.9 Å². The van der Waals surface area contributed by atoms with Crippen LogP contribution in [0.4, 0.5) is 0 Å². The normalized spacial score (nSPS) is 22.1. The second-order valence-corrected chi connectivity index (χ2v) is 6.96.